The summed E-state index contributed by atoms with van der Waals surface area (Å²) in [4.78, 5) is 16.6. The largest absolute Gasteiger partial charge is 0.441 e. The number of nitrogens with one attached hydrogen (secondary N) is 2. The van der Waals surface area contributed by atoms with E-state index in [2.05, 4.69) is 15.6 Å². The number of hydrogen-bond acceptors (Lipinski definition) is 4. The average Bonchev–Trinajstić information content (AvgIpc) is 3.29. The first-order valence-electron chi connectivity index (χ1n) is 10.4. The van der Waals surface area contributed by atoms with Crippen molar-refractivity contribution < 1.29 is 9.21 Å². The first kappa shape index (κ1) is 20.4. The molecular weight excluding hydrogens is 386 g/mol. The second-order valence-corrected chi connectivity index (χ2v) is 7.30. The van der Waals surface area contributed by atoms with Crippen molar-refractivity contribution in [1.82, 2.24) is 4.98 Å². The molecule has 2 N–H and O–H groups in total. The number of aromatic nitrogens is 1. The molecule has 4 rings (SSSR count). The fourth-order valence-electron chi connectivity index (χ4n) is 3.25. The zero-order valence-corrected chi connectivity index (χ0v) is 17.3. The quantitative estimate of drug-likeness (QED) is 0.359. The van der Waals surface area contributed by atoms with E-state index in [-0.39, 0.29) is 5.91 Å². The van der Waals surface area contributed by atoms with Gasteiger partial charge in [0.25, 0.3) is 0 Å². The molecular formula is C26H25N3O2. The Hall–Kier alpha value is -3.86. The molecule has 0 saturated heterocycles. The van der Waals surface area contributed by atoms with Gasteiger partial charge in [0.05, 0.1) is 6.20 Å². The van der Waals surface area contributed by atoms with Crippen molar-refractivity contribution >= 4 is 17.3 Å². The van der Waals surface area contributed by atoms with Gasteiger partial charge < -0.3 is 15.1 Å². The van der Waals surface area contributed by atoms with Crippen molar-refractivity contribution in [3.63, 3.8) is 0 Å². The maximum atomic E-state index is 12.3. The van der Waals surface area contributed by atoms with E-state index < -0.39 is 0 Å². The number of amides is 1. The third kappa shape index (κ3) is 6.06. The standard InChI is InChI=1S/C26H25N3O2/c30-25(12-7-13-26-28-19-24(31-26)21-8-3-1-4-9-21)29-23-16-14-20(15-17-23)18-27-22-10-5-2-6-11-22/h1-6,8-11,14-17,19,27H,7,12-13,18H2,(H,29,30). The van der Waals surface area contributed by atoms with E-state index in [4.69, 9.17) is 4.42 Å². The normalized spacial score (nSPS) is 10.6. The maximum Gasteiger partial charge on any atom is 0.224 e. The zero-order chi connectivity index (χ0) is 21.3. The summed E-state index contributed by atoms with van der Waals surface area (Å²) in [5, 5.41) is 6.32. The van der Waals surface area contributed by atoms with E-state index in [0.29, 0.717) is 25.2 Å². The van der Waals surface area contributed by atoms with Crippen molar-refractivity contribution in [1.29, 1.82) is 0 Å². The number of oxazole rings is 1. The number of para-hydroxylation sites is 1. The Kier molecular flexibility index (Phi) is 6.75. The fourth-order valence-corrected chi connectivity index (χ4v) is 3.25. The van der Waals surface area contributed by atoms with Crippen LogP contribution < -0.4 is 10.6 Å². The van der Waals surface area contributed by atoms with Gasteiger partial charge in [-0.2, -0.15) is 0 Å². The van der Waals surface area contributed by atoms with Crippen LogP contribution in [0.3, 0.4) is 0 Å². The minimum Gasteiger partial charge on any atom is -0.441 e. The Labute approximate surface area is 182 Å². The molecule has 0 radical (unpaired) electrons. The highest BCUT2D eigenvalue weighted by Gasteiger charge is 2.08. The molecule has 0 atom stereocenters. The minimum atomic E-state index is -0.00926. The second-order valence-electron chi connectivity index (χ2n) is 7.30. The van der Waals surface area contributed by atoms with Gasteiger partial charge in [0.1, 0.15) is 0 Å². The summed E-state index contributed by atoms with van der Waals surface area (Å²) >= 11 is 0. The van der Waals surface area contributed by atoms with E-state index in [1.807, 2.05) is 84.9 Å². The highest BCUT2D eigenvalue weighted by Crippen LogP contribution is 2.20. The van der Waals surface area contributed by atoms with E-state index in [9.17, 15) is 4.79 Å². The minimum absolute atomic E-state index is 0.00926. The summed E-state index contributed by atoms with van der Waals surface area (Å²) in [5.74, 6) is 1.40. The van der Waals surface area contributed by atoms with Gasteiger partial charge in [-0.3, -0.25) is 4.79 Å². The molecule has 1 heterocycles. The molecule has 0 fully saturated rings. The van der Waals surface area contributed by atoms with Crippen molar-refractivity contribution in [2.45, 2.75) is 25.8 Å². The molecule has 0 aliphatic rings. The molecule has 1 amide bonds. The number of anilines is 2. The summed E-state index contributed by atoms with van der Waals surface area (Å²) < 4.78 is 5.79. The van der Waals surface area contributed by atoms with Crippen LogP contribution in [-0.2, 0) is 17.8 Å². The number of carbonyl (C=O) groups excluding carboxylic acids is 1. The van der Waals surface area contributed by atoms with Crippen LogP contribution in [0, 0.1) is 0 Å². The van der Waals surface area contributed by atoms with Crippen LogP contribution in [0.5, 0.6) is 0 Å². The number of aryl methyl sites for hydroxylation is 1. The summed E-state index contributed by atoms with van der Waals surface area (Å²) in [6.07, 6.45) is 3.46. The Morgan fingerprint density at radius 3 is 2.29 bits per heavy atom. The van der Waals surface area contributed by atoms with E-state index >= 15 is 0 Å². The summed E-state index contributed by atoms with van der Waals surface area (Å²) in [6, 6.07) is 27.8. The first-order valence-corrected chi connectivity index (χ1v) is 10.4. The van der Waals surface area contributed by atoms with Gasteiger partial charge in [0.15, 0.2) is 11.7 Å². The number of nitrogens with zero attached hydrogens (tertiary/aromatic N) is 1. The van der Waals surface area contributed by atoms with Gasteiger partial charge in [0.2, 0.25) is 5.91 Å². The predicted molar refractivity (Wildman–Crippen MR) is 124 cm³/mol. The highest BCUT2D eigenvalue weighted by atomic mass is 16.4. The molecule has 5 heteroatoms. The lowest BCUT2D eigenvalue weighted by Gasteiger charge is -2.08. The molecule has 0 unspecified atom stereocenters. The zero-order valence-electron chi connectivity index (χ0n) is 17.3. The molecule has 31 heavy (non-hydrogen) atoms. The Morgan fingerprint density at radius 2 is 1.55 bits per heavy atom. The van der Waals surface area contributed by atoms with Crippen molar-refractivity contribution in [3.05, 3.63) is 103 Å². The average molecular weight is 412 g/mol. The van der Waals surface area contributed by atoms with E-state index in [1.54, 1.807) is 6.20 Å². The lowest BCUT2D eigenvalue weighted by atomic mass is 10.2. The van der Waals surface area contributed by atoms with Crippen LogP contribution in [-0.4, -0.2) is 10.9 Å². The number of benzene rings is 3. The molecule has 0 bridgehead atoms. The molecule has 5 nitrogen and oxygen atoms in total. The van der Waals surface area contributed by atoms with Gasteiger partial charge in [0, 0.05) is 36.3 Å². The number of hydrogen-bond donors (Lipinski definition) is 2. The molecule has 4 aromatic rings. The highest BCUT2D eigenvalue weighted by molar-refractivity contribution is 5.90. The maximum absolute atomic E-state index is 12.3. The summed E-state index contributed by atoms with van der Waals surface area (Å²) in [7, 11) is 0. The summed E-state index contributed by atoms with van der Waals surface area (Å²) in [6.45, 7) is 0.735. The molecule has 0 aliphatic carbocycles. The smallest absolute Gasteiger partial charge is 0.224 e. The topological polar surface area (TPSA) is 67.2 Å². The predicted octanol–water partition coefficient (Wildman–Crippen LogP) is 5.92. The van der Waals surface area contributed by atoms with Crippen LogP contribution >= 0.6 is 0 Å². The number of carbonyl (C=O) groups is 1. The monoisotopic (exact) mass is 411 g/mol. The van der Waals surface area contributed by atoms with Crippen molar-refractivity contribution in [2.24, 2.45) is 0 Å². The second kappa shape index (κ2) is 10.3. The first-order chi connectivity index (χ1) is 15.3. The van der Waals surface area contributed by atoms with Crippen LogP contribution in [0.2, 0.25) is 0 Å². The molecule has 156 valence electrons. The fraction of sp³-hybridized carbons (Fsp3) is 0.154. The van der Waals surface area contributed by atoms with Gasteiger partial charge in [-0.15, -0.1) is 0 Å². The van der Waals surface area contributed by atoms with Gasteiger partial charge >= 0.3 is 0 Å². The van der Waals surface area contributed by atoms with Crippen LogP contribution in [0.4, 0.5) is 11.4 Å². The van der Waals surface area contributed by atoms with E-state index in [1.165, 1.54) is 0 Å². The van der Waals surface area contributed by atoms with Crippen LogP contribution in [0.1, 0.15) is 24.3 Å². The SMILES string of the molecule is O=C(CCCc1ncc(-c2ccccc2)o1)Nc1ccc(CNc2ccccc2)cc1. The Balaban J connectivity index is 1.20. The number of rotatable bonds is 9. The molecule has 3 aromatic carbocycles. The lowest BCUT2D eigenvalue weighted by Crippen LogP contribution is -2.11. The van der Waals surface area contributed by atoms with Crippen LogP contribution in [0.15, 0.2) is 95.5 Å². The molecule has 0 saturated carbocycles. The van der Waals surface area contributed by atoms with Crippen molar-refractivity contribution in [3.8, 4) is 11.3 Å². The lowest BCUT2D eigenvalue weighted by molar-refractivity contribution is -0.116. The Morgan fingerprint density at radius 1 is 0.839 bits per heavy atom. The van der Waals surface area contributed by atoms with Gasteiger partial charge in [-0.1, -0.05) is 60.7 Å². The Bertz CT molecular complexity index is 1090. The third-order valence-electron chi connectivity index (χ3n) is 4.91. The molecule has 1 aromatic heterocycles. The van der Waals surface area contributed by atoms with Crippen LogP contribution in [0.25, 0.3) is 11.3 Å². The molecule has 0 spiro atoms. The van der Waals surface area contributed by atoms with Gasteiger partial charge in [-0.05, 0) is 36.2 Å². The van der Waals surface area contributed by atoms with E-state index in [0.717, 1.165) is 34.8 Å². The van der Waals surface area contributed by atoms with Crippen molar-refractivity contribution in [2.75, 3.05) is 10.6 Å². The molecule has 0 aliphatic heterocycles. The third-order valence-corrected chi connectivity index (χ3v) is 4.91. The summed E-state index contributed by atoms with van der Waals surface area (Å²) in [5.41, 5.74) is 4.04. The van der Waals surface area contributed by atoms with Gasteiger partial charge in [-0.25, -0.2) is 4.98 Å².